The van der Waals surface area contributed by atoms with E-state index in [4.69, 9.17) is 13.9 Å². The van der Waals surface area contributed by atoms with E-state index in [9.17, 15) is 4.79 Å². The lowest BCUT2D eigenvalue weighted by Gasteiger charge is -2.21. The summed E-state index contributed by atoms with van der Waals surface area (Å²) < 4.78 is 16.1. The number of thioether (sulfide) groups is 1. The first-order valence-electron chi connectivity index (χ1n) is 8.04. The molecular weight excluding hydrogens is 340 g/mol. The number of aryl methyl sites for hydroxylation is 2. The number of carbonyl (C=O) groups excluding carboxylic acids is 1. The van der Waals surface area contributed by atoms with Crippen LogP contribution in [0.5, 0.6) is 11.5 Å². The molecule has 0 spiro atoms. The quantitative estimate of drug-likeness (QED) is 0.669. The van der Waals surface area contributed by atoms with Gasteiger partial charge in [-0.15, -0.1) is 0 Å². The van der Waals surface area contributed by atoms with Gasteiger partial charge in [0.2, 0.25) is 5.91 Å². The molecule has 25 heavy (non-hydrogen) atoms. The number of hydrogen-bond acceptors (Lipinski definition) is 6. The molecule has 2 rings (SSSR count). The minimum atomic E-state index is 0.0378. The summed E-state index contributed by atoms with van der Waals surface area (Å²) in [5.74, 6) is 2.44. The highest BCUT2D eigenvalue weighted by Crippen LogP contribution is 2.28. The van der Waals surface area contributed by atoms with Crippen molar-refractivity contribution in [1.29, 1.82) is 0 Å². The average Bonchev–Trinajstić information content (AvgIpc) is 2.95. The van der Waals surface area contributed by atoms with Crippen molar-refractivity contribution >= 4 is 17.7 Å². The molecule has 0 saturated carbocycles. The molecule has 1 aromatic heterocycles. The Balaban J connectivity index is 1.99. The third kappa shape index (κ3) is 4.92. The van der Waals surface area contributed by atoms with E-state index in [2.05, 4.69) is 4.98 Å². The molecule has 1 aromatic carbocycles. The number of oxazole rings is 1. The summed E-state index contributed by atoms with van der Waals surface area (Å²) in [5.41, 5.74) is 1.84. The molecule has 7 heteroatoms. The predicted octanol–water partition coefficient (Wildman–Crippen LogP) is 3.45. The maximum absolute atomic E-state index is 12.5. The summed E-state index contributed by atoms with van der Waals surface area (Å²) in [5, 5.41) is 0.533. The van der Waals surface area contributed by atoms with E-state index in [1.807, 2.05) is 39.0 Å². The highest BCUT2D eigenvalue weighted by atomic mass is 32.2. The van der Waals surface area contributed by atoms with Gasteiger partial charge in [-0.05, 0) is 38.5 Å². The summed E-state index contributed by atoms with van der Waals surface area (Å²) in [6.45, 7) is 6.85. The van der Waals surface area contributed by atoms with Gasteiger partial charge in [-0.1, -0.05) is 17.8 Å². The number of nitrogens with zero attached hydrogens (tertiary/aromatic N) is 2. The normalized spacial score (nSPS) is 10.6. The van der Waals surface area contributed by atoms with Crippen molar-refractivity contribution in [2.75, 3.05) is 26.5 Å². The van der Waals surface area contributed by atoms with Crippen molar-refractivity contribution in [2.24, 2.45) is 0 Å². The molecule has 0 aliphatic carbocycles. The monoisotopic (exact) mass is 364 g/mol. The van der Waals surface area contributed by atoms with Gasteiger partial charge >= 0.3 is 0 Å². The van der Waals surface area contributed by atoms with E-state index in [0.717, 1.165) is 17.0 Å². The molecule has 1 amide bonds. The van der Waals surface area contributed by atoms with E-state index in [1.54, 1.807) is 19.1 Å². The summed E-state index contributed by atoms with van der Waals surface area (Å²) in [7, 11) is 3.20. The molecule has 0 N–H and O–H groups in total. The van der Waals surface area contributed by atoms with Gasteiger partial charge in [-0.3, -0.25) is 4.79 Å². The van der Waals surface area contributed by atoms with Crippen LogP contribution in [0.2, 0.25) is 0 Å². The fourth-order valence-corrected chi connectivity index (χ4v) is 3.11. The smallest absolute Gasteiger partial charge is 0.256 e. The second-order valence-electron chi connectivity index (χ2n) is 5.51. The van der Waals surface area contributed by atoms with Gasteiger partial charge in [0.15, 0.2) is 11.5 Å². The highest BCUT2D eigenvalue weighted by molar-refractivity contribution is 7.99. The topological polar surface area (TPSA) is 64.8 Å². The Labute approximate surface area is 152 Å². The van der Waals surface area contributed by atoms with Gasteiger partial charge in [0.25, 0.3) is 5.22 Å². The van der Waals surface area contributed by atoms with Crippen LogP contribution in [-0.4, -0.2) is 42.3 Å². The molecule has 0 aliphatic rings. The largest absolute Gasteiger partial charge is 0.493 e. The molecule has 0 atom stereocenters. The van der Waals surface area contributed by atoms with Crippen LogP contribution in [0.25, 0.3) is 0 Å². The van der Waals surface area contributed by atoms with Gasteiger partial charge in [-0.2, -0.15) is 0 Å². The van der Waals surface area contributed by atoms with Crippen LogP contribution in [-0.2, 0) is 11.3 Å². The molecule has 2 aromatic rings. The molecule has 1 heterocycles. The van der Waals surface area contributed by atoms with Crippen molar-refractivity contribution < 1.29 is 18.7 Å². The first-order valence-corrected chi connectivity index (χ1v) is 9.02. The fourth-order valence-electron chi connectivity index (χ4n) is 2.30. The maximum atomic E-state index is 12.5. The van der Waals surface area contributed by atoms with Crippen LogP contribution in [0.1, 0.15) is 23.9 Å². The van der Waals surface area contributed by atoms with Crippen molar-refractivity contribution in [3.8, 4) is 11.5 Å². The van der Waals surface area contributed by atoms with Gasteiger partial charge in [0.05, 0.1) is 25.7 Å². The van der Waals surface area contributed by atoms with E-state index >= 15 is 0 Å². The molecule has 0 bridgehead atoms. The van der Waals surface area contributed by atoms with E-state index in [1.165, 1.54) is 11.8 Å². The minimum Gasteiger partial charge on any atom is -0.493 e. The van der Waals surface area contributed by atoms with Crippen molar-refractivity contribution in [3.63, 3.8) is 0 Å². The Morgan fingerprint density at radius 3 is 2.52 bits per heavy atom. The number of rotatable bonds is 8. The zero-order chi connectivity index (χ0) is 18.4. The average molecular weight is 364 g/mol. The van der Waals surface area contributed by atoms with E-state index in [0.29, 0.717) is 35.6 Å². The van der Waals surface area contributed by atoms with Gasteiger partial charge < -0.3 is 18.8 Å². The molecule has 136 valence electrons. The lowest BCUT2D eigenvalue weighted by atomic mass is 10.2. The number of benzene rings is 1. The molecule has 0 aliphatic heterocycles. The molecular formula is C18H24N2O4S. The second-order valence-corrected chi connectivity index (χ2v) is 6.43. The van der Waals surface area contributed by atoms with E-state index < -0.39 is 0 Å². The maximum Gasteiger partial charge on any atom is 0.256 e. The zero-order valence-electron chi connectivity index (χ0n) is 15.3. The Morgan fingerprint density at radius 2 is 1.96 bits per heavy atom. The van der Waals surface area contributed by atoms with Crippen LogP contribution in [0.4, 0.5) is 0 Å². The predicted molar refractivity (Wildman–Crippen MR) is 97.3 cm³/mol. The van der Waals surface area contributed by atoms with Gasteiger partial charge in [0, 0.05) is 13.1 Å². The molecule has 0 radical (unpaired) electrons. The summed E-state index contributed by atoms with van der Waals surface area (Å²) >= 11 is 1.32. The minimum absolute atomic E-state index is 0.0378. The Kier molecular flexibility index (Phi) is 6.75. The first-order chi connectivity index (χ1) is 12.0. The van der Waals surface area contributed by atoms with Gasteiger partial charge in [-0.25, -0.2) is 4.98 Å². The molecule has 0 fully saturated rings. The van der Waals surface area contributed by atoms with Crippen LogP contribution >= 0.6 is 11.8 Å². The molecule has 0 saturated heterocycles. The summed E-state index contributed by atoms with van der Waals surface area (Å²) in [6, 6.07) is 5.67. The SMILES string of the molecule is CCN(Cc1ccc(OC)c(OC)c1)C(=O)CSc1nc(C)c(C)o1. The lowest BCUT2D eigenvalue weighted by molar-refractivity contribution is -0.128. The number of ether oxygens (including phenoxy) is 2. The fraction of sp³-hybridized carbons (Fsp3) is 0.444. The van der Waals surface area contributed by atoms with Crippen LogP contribution in [0.3, 0.4) is 0 Å². The van der Waals surface area contributed by atoms with Crippen molar-refractivity contribution in [3.05, 3.63) is 35.2 Å². The number of carbonyl (C=O) groups is 1. The number of aromatic nitrogens is 1. The Morgan fingerprint density at radius 1 is 1.24 bits per heavy atom. The summed E-state index contributed by atoms with van der Waals surface area (Å²) in [6.07, 6.45) is 0. The standard InChI is InChI=1S/C18H24N2O4S/c1-6-20(10-14-7-8-15(22-4)16(9-14)23-5)17(21)11-25-18-19-12(2)13(3)24-18/h7-9H,6,10-11H2,1-5H3. The van der Waals surface area contributed by atoms with Crippen molar-refractivity contribution in [2.45, 2.75) is 32.5 Å². The summed E-state index contributed by atoms with van der Waals surface area (Å²) in [4.78, 5) is 18.6. The number of methoxy groups -OCH3 is 2. The Bertz CT molecular complexity index is 710. The third-order valence-electron chi connectivity index (χ3n) is 3.88. The molecule has 0 unspecified atom stereocenters. The van der Waals surface area contributed by atoms with E-state index in [-0.39, 0.29) is 5.91 Å². The third-order valence-corrected chi connectivity index (χ3v) is 4.70. The zero-order valence-corrected chi connectivity index (χ0v) is 16.1. The number of amides is 1. The molecule has 6 nitrogen and oxygen atoms in total. The van der Waals surface area contributed by atoms with Crippen LogP contribution < -0.4 is 9.47 Å². The Hall–Kier alpha value is -2.15. The first kappa shape index (κ1) is 19.2. The van der Waals surface area contributed by atoms with Crippen molar-refractivity contribution in [1.82, 2.24) is 9.88 Å². The lowest BCUT2D eigenvalue weighted by Crippen LogP contribution is -2.31. The second kappa shape index (κ2) is 8.80. The number of hydrogen-bond donors (Lipinski definition) is 0. The van der Waals surface area contributed by atoms with Crippen LogP contribution in [0, 0.1) is 13.8 Å². The highest BCUT2D eigenvalue weighted by Gasteiger charge is 2.16. The van der Waals surface area contributed by atoms with Crippen LogP contribution in [0.15, 0.2) is 27.8 Å². The van der Waals surface area contributed by atoms with Gasteiger partial charge in [0.1, 0.15) is 5.76 Å².